The number of benzene rings is 1. The fourth-order valence-corrected chi connectivity index (χ4v) is 1.85. The average Bonchev–Trinajstić information content (AvgIpc) is 2.95. The maximum absolute atomic E-state index is 12.0. The lowest BCUT2D eigenvalue weighted by molar-refractivity contribution is 0.0259. The van der Waals surface area contributed by atoms with Gasteiger partial charge in [0.05, 0.1) is 11.4 Å². The number of hydrogen-bond acceptors (Lipinski definition) is 5. The molecule has 1 atom stereocenters. The van der Waals surface area contributed by atoms with Crippen molar-refractivity contribution in [3.8, 4) is 5.69 Å². The number of anilines is 1. The zero-order valence-corrected chi connectivity index (χ0v) is 12.2. The molecule has 6 nitrogen and oxygen atoms in total. The molecule has 0 fully saturated rings. The van der Waals surface area contributed by atoms with Crippen LogP contribution in [0, 0.1) is 0 Å². The number of para-hydroxylation sites is 2. The van der Waals surface area contributed by atoms with Gasteiger partial charge in [-0.05, 0) is 25.1 Å². The summed E-state index contributed by atoms with van der Waals surface area (Å²) in [4.78, 5) is 12.0. The van der Waals surface area contributed by atoms with E-state index in [1.807, 2.05) is 25.1 Å². The molecule has 6 heteroatoms. The number of aromatic nitrogens is 2. The van der Waals surface area contributed by atoms with Crippen molar-refractivity contribution in [2.24, 2.45) is 0 Å². The SMILES string of the molecule is COCCC(C)OC(=O)c1ccn(-c2ccccc2N)n1. The Balaban J connectivity index is 2.06. The van der Waals surface area contributed by atoms with Crippen molar-refractivity contribution < 1.29 is 14.3 Å². The Kier molecular flexibility index (Phi) is 4.94. The molecular weight excluding hydrogens is 270 g/mol. The molecule has 0 saturated carbocycles. The number of carbonyl (C=O) groups is 1. The molecule has 21 heavy (non-hydrogen) atoms. The number of rotatable bonds is 6. The van der Waals surface area contributed by atoms with Crippen LogP contribution in [0.4, 0.5) is 5.69 Å². The summed E-state index contributed by atoms with van der Waals surface area (Å²) in [7, 11) is 1.61. The summed E-state index contributed by atoms with van der Waals surface area (Å²) in [5.41, 5.74) is 7.45. The molecule has 0 aliphatic rings. The second-order valence-corrected chi connectivity index (χ2v) is 4.70. The third kappa shape index (κ3) is 3.82. The largest absolute Gasteiger partial charge is 0.458 e. The molecule has 0 bridgehead atoms. The van der Waals surface area contributed by atoms with Gasteiger partial charge in [-0.15, -0.1) is 0 Å². The van der Waals surface area contributed by atoms with Crippen molar-refractivity contribution in [2.45, 2.75) is 19.4 Å². The van der Waals surface area contributed by atoms with Crippen LogP contribution in [0.2, 0.25) is 0 Å². The predicted molar refractivity (Wildman–Crippen MR) is 79.3 cm³/mol. The van der Waals surface area contributed by atoms with Crippen molar-refractivity contribution >= 4 is 11.7 Å². The van der Waals surface area contributed by atoms with Crippen LogP contribution >= 0.6 is 0 Å². The molecule has 2 aromatic rings. The predicted octanol–water partition coefficient (Wildman–Crippen LogP) is 2.04. The second-order valence-electron chi connectivity index (χ2n) is 4.70. The van der Waals surface area contributed by atoms with E-state index in [0.29, 0.717) is 18.7 Å². The Morgan fingerprint density at radius 3 is 2.86 bits per heavy atom. The van der Waals surface area contributed by atoms with Gasteiger partial charge in [0.2, 0.25) is 0 Å². The van der Waals surface area contributed by atoms with E-state index < -0.39 is 5.97 Å². The van der Waals surface area contributed by atoms with E-state index in [-0.39, 0.29) is 11.8 Å². The third-order valence-corrected chi connectivity index (χ3v) is 3.02. The van der Waals surface area contributed by atoms with Crippen LogP contribution in [0.3, 0.4) is 0 Å². The number of ether oxygens (including phenoxy) is 2. The number of nitrogen functional groups attached to an aromatic ring is 1. The highest BCUT2D eigenvalue weighted by Crippen LogP contribution is 2.16. The summed E-state index contributed by atoms with van der Waals surface area (Å²) >= 11 is 0. The fourth-order valence-electron chi connectivity index (χ4n) is 1.85. The van der Waals surface area contributed by atoms with Crippen LogP contribution in [-0.2, 0) is 9.47 Å². The van der Waals surface area contributed by atoms with E-state index in [1.165, 1.54) is 0 Å². The van der Waals surface area contributed by atoms with Crippen LogP contribution in [0.15, 0.2) is 36.5 Å². The summed E-state index contributed by atoms with van der Waals surface area (Å²) in [6.07, 6.45) is 2.11. The van der Waals surface area contributed by atoms with Crippen LogP contribution in [0.25, 0.3) is 5.69 Å². The van der Waals surface area contributed by atoms with E-state index in [4.69, 9.17) is 15.2 Å². The first-order valence-electron chi connectivity index (χ1n) is 6.72. The lowest BCUT2D eigenvalue weighted by Crippen LogP contribution is -2.17. The molecule has 1 aromatic carbocycles. The third-order valence-electron chi connectivity index (χ3n) is 3.02. The molecular formula is C15H19N3O3. The fraction of sp³-hybridized carbons (Fsp3) is 0.333. The van der Waals surface area contributed by atoms with Gasteiger partial charge in [0.15, 0.2) is 5.69 Å². The highest BCUT2D eigenvalue weighted by molar-refractivity contribution is 5.87. The summed E-state index contributed by atoms with van der Waals surface area (Å²) in [5.74, 6) is -0.452. The van der Waals surface area contributed by atoms with Gasteiger partial charge in [0.25, 0.3) is 0 Å². The summed E-state index contributed by atoms with van der Waals surface area (Å²) < 4.78 is 11.8. The summed E-state index contributed by atoms with van der Waals surface area (Å²) in [6.45, 7) is 2.37. The van der Waals surface area contributed by atoms with Crippen LogP contribution in [-0.4, -0.2) is 35.6 Å². The average molecular weight is 289 g/mol. The van der Waals surface area contributed by atoms with Crippen LogP contribution < -0.4 is 5.73 Å². The maximum Gasteiger partial charge on any atom is 0.359 e. The van der Waals surface area contributed by atoms with Crippen molar-refractivity contribution in [1.29, 1.82) is 0 Å². The maximum atomic E-state index is 12.0. The number of nitrogens with two attached hydrogens (primary N) is 1. The summed E-state index contributed by atoms with van der Waals surface area (Å²) in [5, 5.41) is 4.21. The number of methoxy groups -OCH3 is 1. The normalized spacial score (nSPS) is 12.1. The molecule has 0 aliphatic heterocycles. The minimum Gasteiger partial charge on any atom is -0.458 e. The van der Waals surface area contributed by atoms with Gasteiger partial charge < -0.3 is 15.2 Å². The monoisotopic (exact) mass is 289 g/mol. The van der Waals surface area contributed by atoms with E-state index in [0.717, 1.165) is 5.69 Å². The molecule has 1 heterocycles. The molecule has 2 rings (SSSR count). The van der Waals surface area contributed by atoms with Gasteiger partial charge in [0, 0.05) is 26.3 Å². The van der Waals surface area contributed by atoms with Gasteiger partial charge in [-0.1, -0.05) is 12.1 Å². The van der Waals surface area contributed by atoms with Gasteiger partial charge in [-0.2, -0.15) is 5.10 Å². The minimum atomic E-state index is -0.452. The molecule has 0 spiro atoms. The van der Waals surface area contributed by atoms with E-state index in [9.17, 15) is 4.79 Å². The number of hydrogen-bond donors (Lipinski definition) is 1. The standard InChI is InChI=1S/C15H19N3O3/c1-11(8-10-20-2)21-15(19)13-7-9-18(17-13)14-6-4-3-5-12(14)16/h3-7,9,11H,8,10,16H2,1-2H3. The minimum absolute atomic E-state index is 0.218. The van der Waals surface area contributed by atoms with E-state index in [1.54, 1.807) is 30.1 Å². The van der Waals surface area contributed by atoms with Crippen molar-refractivity contribution in [1.82, 2.24) is 9.78 Å². The highest BCUT2D eigenvalue weighted by atomic mass is 16.5. The Morgan fingerprint density at radius 2 is 2.14 bits per heavy atom. The van der Waals surface area contributed by atoms with E-state index in [2.05, 4.69) is 5.10 Å². The van der Waals surface area contributed by atoms with E-state index >= 15 is 0 Å². The highest BCUT2D eigenvalue weighted by Gasteiger charge is 2.15. The van der Waals surface area contributed by atoms with Crippen molar-refractivity contribution in [3.05, 3.63) is 42.2 Å². The zero-order chi connectivity index (χ0) is 15.2. The molecule has 0 amide bonds. The Bertz CT molecular complexity index is 610. The van der Waals surface area contributed by atoms with Gasteiger partial charge in [0.1, 0.15) is 6.10 Å². The second kappa shape index (κ2) is 6.90. The first-order chi connectivity index (χ1) is 10.1. The number of nitrogens with zero attached hydrogens (tertiary/aromatic N) is 2. The molecule has 1 unspecified atom stereocenters. The lowest BCUT2D eigenvalue weighted by Gasteiger charge is -2.11. The number of esters is 1. The molecule has 0 saturated heterocycles. The zero-order valence-electron chi connectivity index (χ0n) is 12.2. The van der Waals surface area contributed by atoms with Crippen molar-refractivity contribution in [2.75, 3.05) is 19.5 Å². The quantitative estimate of drug-likeness (QED) is 0.650. The van der Waals surface area contributed by atoms with Crippen molar-refractivity contribution in [3.63, 3.8) is 0 Å². The topological polar surface area (TPSA) is 79.4 Å². The van der Waals surface area contributed by atoms with Gasteiger partial charge in [-0.25, -0.2) is 9.48 Å². The molecule has 112 valence electrons. The Hall–Kier alpha value is -2.34. The van der Waals surface area contributed by atoms with Crippen LogP contribution in [0.5, 0.6) is 0 Å². The Labute approximate surface area is 123 Å². The number of carbonyl (C=O) groups excluding carboxylic acids is 1. The first-order valence-corrected chi connectivity index (χ1v) is 6.72. The van der Waals surface area contributed by atoms with Crippen LogP contribution in [0.1, 0.15) is 23.8 Å². The first kappa shape index (κ1) is 15.1. The summed E-state index contributed by atoms with van der Waals surface area (Å²) in [6, 6.07) is 8.92. The molecule has 0 aliphatic carbocycles. The molecule has 2 N–H and O–H groups in total. The lowest BCUT2D eigenvalue weighted by atomic mass is 10.3. The Morgan fingerprint density at radius 1 is 1.38 bits per heavy atom. The van der Waals surface area contributed by atoms with Gasteiger partial charge in [-0.3, -0.25) is 0 Å². The van der Waals surface area contributed by atoms with Gasteiger partial charge >= 0.3 is 5.97 Å². The molecule has 0 radical (unpaired) electrons. The molecule has 1 aromatic heterocycles. The smallest absolute Gasteiger partial charge is 0.359 e.